The number of aliphatic carboxylic acids is 2. The first kappa shape index (κ1) is 27.7. The fourth-order valence-electron chi connectivity index (χ4n) is 2.20. The second kappa shape index (κ2) is 13.1. The standard InChI is InChI=1S/C16H27N5O10/c1-6(23)12(21-13(27)7(17)2-3-10(18)24)15(29)20-9(5-22)14(28)19-8(16(30)31)4-11(25)26/h6-9,12,22-23H,2-5,17H2,1H3,(H2,18,24)(H,19,28)(H,20,29)(H,21,27)(H,25,26)(H,30,31). The van der Waals surface area contributed by atoms with E-state index in [0.29, 0.717) is 0 Å². The Kier molecular flexibility index (Phi) is 11.7. The number of carboxylic acids is 2. The van der Waals surface area contributed by atoms with Crippen molar-refractivity contribution in [3.05, 3.63) is 0 Å². The molecule has 0 aliphatic rings. The minimum absolute atomic E-state index is 0.128. The van der Waals surface area contributed by atoms with Crippen LogP contribution in [0.4, 0.5) is 0 Å². The maximum absolute atomic E-state index is 12.4. The van der Waals surface area contributed by atoms with E-state index in [1.165, 1.54) is 0 Å². The molecule has 0 spiro atoms. The number of amides is 4. The summed E-state index contributed by atoms with van der Waals surface area (Å²) in [5.41, 5.74) is 10.5. The number of aliphatic hydroxyl groups is 2. The second-order valence-corrected chi connectivity index (χ2v) is 6.58. The van der Waals surface area contributed by atoms with E-state index in [0.717, 1.165) is 6.92 Å². The summed E-state index contributed by atoms with van der Waals surface area (Å²) in [7, 11) is 0. The summed E-state index contributed by atoms with van der Waals surface area (Å²) in [4.78, 5) is 69.0. The molecule has 11 N–H and O–H groups in total. The number of aliphatic hydroxyl groups excluding tert-OH is 2. The number of nitrogens with two attached hydrogens (primary N) is 2. The van der Waals surface area contributed by atoms with Gasteiger partial charge in [-0.05, 0) is 13.3 Å². The molecule has 0 fully saturated rings. The Bertz CT molecular complexity index is 698. The van der Waals surface area contributed by atoms with Gasteiger partial charge in [-0.2, -0.15) is 0 Å². The van der Waals surface area contributed by atoms with E-state index < -0.39 is 78.9 Å². The largest absolute Gasteiger partial charge is 0.481 e. The van der Waals surface area contributed by atoms with Crippen LogP contribution in [0.2, 0.25) is 0 Å². The van der Waals surface area contributed by atoms with E-state index in [4.69, 9.17) is 21.7 Å². The van der Waals surface area contributed by atoms with Gasteiger partial charge in [0.25, 0.3) is 0 Å². The average molecular weight is 449 g/mol. The Hall–Kier alpha value is -3.30. The van der Waals surface area contributed by atoms with Crippen LogP contribution < -0.4 is 27.4 Å². The summed E-state index contributed by atoms with van der Waals surface area (Å²) in [5.74, 6) is -7.10. The van der Waals surface area contributed by atoms with Crippen LogP contribution in [-0.2, 0) is 28.8 Å². The molecule has 0 aromatic rings. The maximum atomic E-state index is 12.4. The van der Waals surface area contributed by atoms with E-state index in [1.54, 1.807) is 0 Å². The van der Waals surface area contributed by atoms with E-state index in [2.05, 4.69) is 5.32 Å². The highest BCUT2D eigenvalue weighted by Gasteiger charge is 2.32. The molecule has 176 valence electrons. The van der Waals surface area contributed by atoms with Crippen LogP contribution in [0.3, 0.4) is 0 Å². The number of rotatable bonds is 14. The van der Waals surface area contributed by atoms with E-state index in [9.17, 15) is 39.0 Å². The van der Waals surface area contributed by atoms with Crippen molar-refractivity contribution in [3.8, 4) is 0 Å². The van der Waals surface area contributed by atoms with Crippen LogP contribution in [0.15, 0.2) is 0 Å². The van der Waals surface area contributed by atoms with E-state index in [1.807, 2.05) is 10.6 Å². The Morgan fingerprint density at radius 3 is 1.87 bits per heavy atom. The fourth-order valence-corrected chi connectivity index (χ4v) is 2.20. The first-order chi connectivity index (χ1) is 14.3. The van der Waals surface area contributed by atoms with Gasteiger partial charge >= 0.3 is 11.9 Å². The predicted molar refractivity (Wildman–Crippen MR) is 101 cm³/mol. The molecule has 5 atom stereocenters. The van der Waals surface area contributed by atoms with Crippen LogP contribution in [0.1, 0.15) is 26.2 Å². The Balaban J connectivity index is 5.15. The lowest BCUT2D eigenvalue weighted by molar-refractivity contribution is -0.147. The van der Waals surface area contributed by atoms with Crippen molar-refractivity contribution in [2.75, 3.05) is 6.61 Å². The lowest BCUT2D eigenvalue weighted by atomic mass is 10.1. The van der Waals surface area contributed by atoms with Crippen LogP contribution in [0, 0.1) is 0 Å². The zero-order valence-electron chi connectivity index (χ0n) is 16.6. The third-order valence-corrected chi connectivity index (χ3v) is 3.91. The molecular formula is C16H27N5O10. The SMILES string of the molecule is CC(O)C(NC(=O)C(N)CCC(N)=O)C(=O)NC(CO)C(=O)NC(CC(=O)O)C(=O)O. The third-order valence-electron chi connectivity index (χ3n) is 3.91. The van der Waals surface area contributed by atoms with E-state index in [-0.39, 0.29) is 12.8 Å². The molecule has 0 aromatic heterocycles. The first-order valence-electron chi connectivity index (χ1n) is 8.98. The number of carboxylic acid groups (broad SMARTS) is 2. The van der Waals surface area contributed by atoms with Crippen molar-refractivity contribution in [1.82, 2.24) is 16.0 Å². The number of hydrogen-bond acceptors (Lipinski definition) is 9. The minimum Gasteiger partial charge on any atom is -0.481 e. The molecule has 31 heavy (non-hydrogen) atoms. The summed E-state index contributed by atoms with van der Waals surface area (Å²) in [6.45, 7) is 0.135. The minimum atomic E-state index is -1.83. The third kappa shape index (κ3) is 10.3. The number of hydrogen-bond donors (Lipinski definition) is 9. The summed E-state index contributed by atoms with van der Waals surface area (Å²) in [6.07, 6.45) is -2.76. The van der Waals surface area contributed by atoms with Crippen LogP contribution in [0.25, 0.3) is 0 Å². The molecule has 0 rings (SSSR count). The molecule has 15 nitrogen and oxygen atoms in total. The summed E-state index contributed by atoms with van der Waals surface area (Å²) in [5, 5.41) is 42.7. The molecular weight excluding hydrogens is 422 g/mol. The van der Waals surface area contributed by atoms with Gasteiger partial charge in [0.1, 0.15) is 18.1 Å². The normalized spacial score (nSPS) is 15.5. The van der Waals surface area contributed by atoms with Gasteiger partial charge in [-0.3, -0.25) is 24.0 Å². The van der Waals surface area contributed by atoms with E-state index >= 15 is 0 Å². The monoisotopic (exact) mass is 449 g/mol. The molecule has 0 aliphatic carbocycles. The zero-order chi connectivity index (χ0) is 24.3. The van der Waals surface area contributed by atoms with Gasteiger partial charge in [0.05, 0.1) is 25.2 Å². The molecule has 0 aliphatic heterocycles. The fraction of sp³-hybridized carbons (Fsp3) is 0.625. The van der Waals surface area contributed by atoms with Gasteiger partial charge < -0.3 is 47.8 Å². The van der Waals surface area contributed by atoms with Gasteiger partial charge in [0.2, 0.25) is 23.6 Å². The molecule has 0 saturated carbocycles. The van der Waals surface area contributed by atoms with Crippen molar-refractivity contribution in [3.63, 3.8) is 0 Å². The summed E-state index contributed by atoms with van der Waals surface area (Å²) < 4.78 is 0. The highest BCUT2D eigenvalue weighted by atomic mass is 16.4. The smallest absolute Gasteiger partial charge is 0.326 e. The molecule has 0 radical (unpaired) electrons. The zero-order valence-corrected chi connectivity index (χ0v) is 16.6. The predicted octanol–water partition coefficient (Wildman–Crippen LogP) is -5.03. The number of carbonyl (C=O) groups excluding carboxylic acids is 4. The number of carbonyl (C=O) groups is 6. The van der Waals surface area contributed by atoms with Crippen molar-refractivity contribution in [2.45, 2.75) is 56.5 Å². The quantitative estimate of drug-likeness (QED) is 0.121. The average Bonchev–Trinajstić information content (AvgIpc) is 2.66. The Morgan fingerprint density at radius 1 is 0.903 bits per heavy atom. The molecule has 4 amide bonds. The van der Waals surface area contributed by atoms with Gasteiger partial charge in [0, 0.05) is 6.42 Å². The highest BCUT2D eigenvalue weighted by molar-refractivity contribution is 5.95. The molecule has 15 heteroatoms. The molecule has 0 bridgehead atoms. The lowest BCUT2D eigenvalue weighted by Crippen LogP contribution is -2.60. The van der Waals surface area contributed by atoms with Gasteiger partial charge in [-0.15, -0.1) is 0 Å². The first-order valence-corrected chi connectivity index (χ1v) is 8.98. The van der Waals surface area contributed by atoms with Crippen LogP contribution in [-0.4, -0.2) is 92.9 Å². The van der Waals surface area contributed by atoms with Crippen LogP contribution >= 0.6 is 0 Å². The van der Waals surface area contributed by atoms with Gasteiger partial charge in [-0.25, -0.2) is 4.79 Å². The highest BCUT2D eigenvalue weighted by Crippen LogP contribution is 2.00. The Labute approximate surface area is 176 Å². The van der Waals surface area contributed by atoms with Crippen molar-refractivity contribution >= 4 is 35.6 Å². The molecule has 5 unspecified atom stereocenters. The summed E-state index contributed by atoms with van der Waals surface area (Å²) in [6, 6.07) is -6.40. The van der Waals surface area contributed by atoms with Gasteiger partial charge in [0.15, 0.2) is 0 Å². The topological polar surface area (TPSA) is 271 Å². The lowest BCUT2D eigenvalue weighted by Gasteiger charge is -2.25. The molecule has 0 heterocycles. The maximum Gasteiger partial charge on any atom is 0.326 e. The second-order valence-electron chi connectivity index (χ2n) is 6.58. The molecule has 0 saturated heterocycles. The number of nitrogens with one attached hydrogen (secondary N) is 3. The van der Waals surface area contributed by atoms with Crippen molar-refractivity contribution < 1.29 is 49.2 Å². The van der Waals surface area contributed by atoms with Crippen molar-refractivity contribution in [2.24, 2.45) is 11.5 Å². The van der Waals surface area contributed by atoms with Gasteiger partial charge in [-0.1, -0.05) is 0 Å². The Morgan fingerprint density at radius 2 is 1.45 bits per heavy atom. The molecule has 0 aromatic carbocycles. The summed E-state index contributed by atoms with van der Waals surface area (Å²) >= 11 is 0. The number of primary amides is 1. The van der Waals surface area contributed by atoms with Crippen molar-refractivity contribution in [1.29, 1.82) is 0 Å². The van der Waals surface area contributed by atoms with Crippen LogP contribution in [0.5, 0.6) is 0 Å².